The summed E-state index contributed by atoms with van der Waals surface area (Å²) in [6.07, 6.45) is 7.12. The van der Waals surface area contributed by atoms with Crippen LogP contribution in [-0.4, -0.2) is 23.1 Å². The van der Waals surface area contributed by atoms with Crippen molar-refractivity contribution in [1.29, 1.82) is 0 Å². The molecule has 2 heterocycles. The van der Waals surface area contributed by atoms with Gasteiger partial charge in [0.05, 0.1) is 18.0 Å². The molecule has 0 atom stereocenters. The molecule has 1 aromatic carbocycles. The van der Waals surface area contributed by atoms with Crippen LogP contribution in [0.15, 0.2) is 46.6 Å². The highest BCUT2D eigenvalue weighted by molar-refractivity contribution is 7.99. The lowest BCUT2D eigenvalue weighted by atomic mass is 9.77. The van der Waals surface area contributed by atoms with Gasteiger partial charge in [0.25, 0.3) is 0 Å². The molecule has 0 unspecified atom stereocenters. The molecule has 1 aromatic heterocycles. The van der Waals surface area contributed by atoms with E-state index in [0.29, 0.717) is 15.3 Å². The van der Waals surface area contributed by atoms with Gasteiger partial charge in [0.2, 0.25) is 0 Å². The van der Waals surface area contributed by atoms with Crippen LogP contribution in [0, 0.1) is 5.41 Å². The van der Waals surface area contributed by atoms with E-state index in [-0.39, 0.29) is 0 Å². The van der Waals surface area contributed by atoms with Gasteiger partial charge in [-0.15, -0.1) is 0 Å². The van der Waals surface area contributed by atoms with Crippen molar-refractivity contribution in [1.82, 2.24) is 9.97 Å². The van der Waals surface area contributed by atoms with Crippen molar-refractivity contribution in [3.8, 4) is 0 Å². The number of halogens is 3. The van der Waals surface area contributed by atoms with Gasteiger partial charge in [-0.3, -0.25) is 0 Å². The Balaban J connectivity index is 1.36. The van der Waals surface area contributed by atoms with Crippen LogP contribution >= 0.6 is 11.8 Å². The van der Waals surface area contributed by atoms with Crippen molar-refractivity contribution >= 4 is 17.6 Å². The molecule has 0 N–H and O–H groups in total. The number of hydrogen-bond acceptors (Lipinski definition) is 4. The maximum absolute atomic E-state index is 12.6. The SMILES string of the molecule is FC(F)(F)c1ccc(Sc2cnc(N3CCC4(CCCC4)CC3)cn2)cc1. The van der Waals surface area contributed by atoms with E-state index >= 15 is 0 Å². The minimum absolute atomic E-state index is 0.572. The van der Waals surface area contributed by atoms with E-state index in [1.54, 1.807) is 12.4 Å². The molecular weight excluding hydrogens is 371 g/mol. The van der Waals surface area contributed by atoms with E-state index in [9.17, 15) is 13.2 Å². The normalized spacial score (nSPS) is 19.6. The van der Waals surface area contributed by atoms with Crippen LogP contribution in [0.5, 0.6) is 0 Å². The predicted octanol–water partition coefficient (Wildman–Crippen LogP) is 5.81. The molecule has 0 radical (unpaired) electrons. The average Bonchev–Trinajstić information content (AvgIpc) is 3.11. The van der Waals surface area contributed by atoms with Gasteiger partial charge in [-0.25, -0.2) is 9.97 Å². The van der Waals surface area contributed by atoms with Gasteiger partial charge in [0, 0.05) is 18.0 Å². The van der Waals surface area contributed by atoms with Crippen molar-refractivity contribution in [3.05, 3.63) is 42.2 Å². The molecule has 27 heavy (non-hydrogen) atoms. The van der Waals surface area contributed by atoms with Crippen LogP contribution in [0.2, 0.25) is 0 Å². The van der Waals surface area contributed by atoms with E-state index in [2.05, 4.69) is 14.9 Å². The number of benzene rings is 1. The third kappa shape index (κ3) is 4.23. The third-order valence-corrected chi connectivity index (χ3v) is 6.76. The van der Waals surface area contributed by atoms with Crippen LogP contribution in [0.3, 0.4) is 0 Å². The molecule has 144 valence electrons. The molecule has 4 rings (SSSR count). The fourth-order valence-corrected chi connectivity index (χ4v) is 4.92. The fourth-order valence-electron chi connectivity index (χ4n) is 4.19. The first kappa shape index (κ1) is 18.6. The molecule has 1 aliphatic carbocycles. The van der Waals surface area contributed by atoms with Crippen molar-refractivity contribution in [2.75, 3.05) is 18.0 Å². The zero-order valence-corrected chi connectivity index (χ0v) is 15.8. The Bertz CT molecular complexity index is 759. The van der Waals surface area contributed by atoms with Crippen LogP contribution in [-0.2, 0) is 6.18 Å². The first-order chi connectivity index (χ1) is 12.9. The topological polar surface area (TPSA) is 29.0 Å². The number of aromatic nitrogens is 2. The fraction of sp³-hybridized carbons (Fsp3) is 0.500. The molecule has 7 heteroatoms. The molecule has 2 fully saturated rings. The second-order valence-corrected chi connectivity index (χ2v) is 8.62. The first-order valence-corrected chi connectivity index (χ1v) is 10.2. The number of alkyl halides is 3. The average molecular weight is 393 g/mol. The first-order valence-electron chi connectivity index (χ1n) is 9.36. The zero-order valence-electron chi connectivity index (χ0n) is 15.0. The minimum Gasteiger partial charge on any atom is -0.355 e. The van der Waals surface area contributed by atoms with Gasteiger partial charge in [0.15, 0.2) is 0 Å². The van der Waals surface area contributed by atoms with Gasteiger partial charge in [-0.2, -0.15) is 13.2 Å². The Morgan fingerprint density at radius 3 is 2.11 bits per heavy atom. The van der Waals surface area contributed by atoms with Crippen molar-refractivity contribution in [3.63, 3.8) is 0 Å². The summed E-state index contributed by atoms with van der Waals surface area (Å²) in [5.74, 6) is 0.889. The lowest BCUT2D eigenvalue weighted by molar-refractivity contribution is -0.137. The Kier molecular flexibility index (Phi) is 5.05. The van der Waals surface area contributed by atoms with Crippen LogP contribution in [0.4, 0.5) is 19.0 Å². The van der Waals surface area contributed by atoms with Gasteiger partial charge < -0.3 is 4.90 Å². The van der Waals surface area contributed by atoms with Gasteiger partial charge >= 0.3 is 6.18 Å². The van der Waals surface area contributed by atoms with Crippen molar-refractivity contribution in [2.45, 2.75) is 54.6 Å². The highest BCUT2D eigenvalue weighted by Gasteiger charge is 2.37. The van der Waals surface area contributed by atoms with E-state index in [1.807, 2.05) is 0 Å². The second kappa shape index (κ2) is 7.34. The van der Waals surface area contributed by atoms with E-state index in [0.717, 1.165) is 31.0 Å². The molecule has 3 nitrogen and oxygen atoms in total. The zero-order chi connectivity index (χ0) is 18.9. The van der Waals surface area contributed by atoms with Crippen LogP contribution in [0.25, 0.3) is 0 Å². The molecular formula is C20H22F3N3S. The number of nitrogens with zero attached hydrogens (tertiary/aromatic N) is 3. The Morgan fingerprint density at radius 1 is 0.889 bits per heavy atom. The van der Waals surface area contributed by atoms with Crippen LogP contribution in [0.1, 0.15) is 44.1 Å². The molecule has 1 aliphatic heterocycles. The quantitative estimate of drug-likeness (QED) is 0.658. The highest BCUT2D eigenvalue weighted by Crippen LogP contribution is 2.46. The maximum Gasteiger partial charge on any atom is 0.416 e. The van der Waals surface area contributed by atoms with E-state index < -0.39 is 11.7 Å². The molecule has 1 spiro atoms. The monoisotopic (exact) mass is 393 g/mol. The Hall–Kier alpha value is -1.76. The van der Waals surface area contributed by atoms with Gasteiger partial charge in [0.1, 0.15) is 10.8 Å². The Labute approximate surface area is 161 Å². The number of piperidine rings is 1. The summed E-state index contributed by atoms with van der Waals surface area (Å²) in [6, 6.07) is 5.12. The summed E-state index contributed by atoms with van der Waals surface area (Å²) in [5.41, 5.74) is -0.0686. The van der Waals surface area contributed by atoms with Crippen molar-refractivity contribution in [2.24, 2.45) is 5.41 Å². The van der Waals surface area contributed by atoms with Gasteiger partial charge in [-0.05, 0) is 55.4 Å². The molecule has 0 bridgehead atoms. The molecule has 0 amide bonds. The number of rotatable bonds is 3. The molecule has 1 saturated heterocycles. The molecule has 2 aliphatic rings. The molecule has 2 aromatic rings. The largest absolute Gasteiger partial charge is 0.416 e. The summed E-state index contributed by atoms with van der Waals surface area (Å²) >= 11 is 1.32. The lowest BCUT2D eigenvalue weighted by Gasteiger charge is -2.39. The van der Waals surface area contributed by atoms with Crippen LogP contribution < -0.4 is 4.90 Å². The second-order valence-electron chi connectivity index (χ2n) is 7.53. The standard InChI is InChI=1S/C20H22F3N3S/c21-20(22,23)15-3-5-16(6-4-15)27-18-14-24-17(13-25-18)26-11-9-19(10-12-26)7-1-2-8-19/h3-6,13-14H,1-2,7-12H2. The predicted molar refractivity (Wildman–Crippen MR) is 99.9 cm³/mol. The molecule has 1 saturated carbocycles. The maximum atomic E-state index is 12.6. The van der Waals surface area contributed by atoms with Gasteiger partial charge in [-0.1, -0.05) is 24.6 Å². The Morgan fingerprint density at radius 2 is 1.56 bits per heavy atom. The summed E-state index contributed by atoms with van der Waals surface area (Å²) in [5, 5.41) is 0.683. The van der Waals surface area contributed by atoms with E-state index in [4.69, 9.17) is 0 Å². The summed E-state index contributed by atoms with van der Waals surface area (Å²) in [7, 11) is 0. The van der Waals surface area contributed by atoms with Crippen molar-refractivity contribution < 1.29 is 13.2 Å². The number of hydrogen-bond donors (Lipinski definition) is 0. The minimum atomic E-state index is -4.31. The summed E-state index contributed by atoms with van der Waals surface area (Å²) in [4.78, 5) is 12.0. The number of anilines is 1. The highest BCUT2D eigenvalue weighted by atomic mass is 32.2. The lowest BCUT2D eigenvalue weighted by Crippen LogP contribution is -2.39. The third-order valence-electron chi connectivity index (χ3n) is 5.83. The smallest absolute Gasteiger partial charge is 0.355 e. The van der Waals surface area contributed by atoms with E-state index in [1.165, 1.54) is 62.4 Å². The summed E-state index contributed by atoms with van der Waals surface area (Å²) in [6.45, 7) is 2.06. The summed E-state index contributed by atoms with van der Waals surface area (Å²) < 4.78 is 37.9.